The first-order chi connectivity index (χ1) is 11.5. The molecule has 2 aromatic carbocycles. The van der Waals surface area contributed by atoms with Gasteiger partial charge >= 0.3 is 5.97 Å². The van der Waals surface area contributed by atoms with E-state index in [0.29, 0.717) is 12.3 Å². The Morgan fingerprint density at radius 3 is 2.58 bits per heavy atom. The zero-order valence-electron chi connectivity index (χ0n) is 13.6. The molecule has 0 saturated carbocycles. The van der Waals surface area contributed by atoms with Gasteiger partial charge in [-0.3, -0.25) is 0 Å². The summed E-state index contributed by atoms with van der Waals surface area (Å²) in [4.78, 5) is 12.7. The average Bonchev–Trinajstić information content (AvgIpc) is 3.00. The first kappa shape index (κ1) is 16.1. The van der Waals surface area contributed by atoms with Crippen molar-refractivity contribution in [2.45, 2.75) is 6.54 Å². The molecule has 0 unspecified atom stereocenters. The maximum absolute atomic E-state index is 10.7. The molecule has 1 heterocycles. The number of hydrogen-bond donors (Lipinski definition) is 1. The van der Waals surface area contributed by atoms with Gasteiger partial charge in [-0.1, -0.05) is 12.1 Å². The number of carboxylic acids is 1. The van der Waals surface area contributed by atoms with Gasteiger partial charge in [-0.25, -0.2) is 4.79 Å². The van der Waals surface area contributed by atoms with Crippen LogP contribution in [0.4, 0.5) is 0 Å². The maximum Gasteiger partial charge on any atom is 0.341 e. The Balaban J connectivity index is 1.92. The molecular weight excluding hydrogens is 310 g/mol. The third kappa shape index (κ3) is 3.60. The second kappa shape index (κ2) is 6.80. The third-order valence-electron chi connectivity index (χ3n) is 3.60. The van der Waals surface area contributed by atoms with Crippen LogP contribution < -0.4 is 14.2 Å². The summed E-state index contributed by atoms with van der Waals surface area (Å²) in [6, 6.07) is 11.5. The van der Waals surface area contributed by atoms with Gasteiger partial charge in [0.25, 0.3) is 0 Å². The largest absolute Gasteiger partial charge is 0.482 e. The first-order valence-corrected chi connectivity index (χ1v) is 7.55. The van der Waals surface area contributed by atoms with Gasteiger partial charge < -0.3 is 24.2 Å². The van der Waals surface area contributed by atoms with Crippen LogP contribution in [0, 0.1) is 0 Å². The van der Waals surface area contributed by atoms with Crippen molar-refractivity contribution in [1.29, 1.82) is 0 Å². The number of rotatable bonds is 6. The highest BCUT2D eigenvalue weighted by Crippen LogP contribution is 2.37. The van der Waals surface area contributed by atoms with Crippen molar-refractivity contribution >= 4 is 5.97 Å². The molecule has 1 aliphatic heterocycles. The van der Waals surface area contributed by atoms with Crippen molar-refractivity contribution in [2.24, 2.45) is 0 Å². The number of carbonyl (C=O) groups is 1. The molecule has 0 aromatic heterocycles. The van der Waals surface area contributed by atoms with Crippen LogP contribution in [0.2, 0.25) is 0 Å². The Kier molecular flexibility index (Phi) is 4.57. The molecule has 0 aliphatic carbocycles. The summed E-state index contributed by atoms with van der Waals surface area (Å²) < 4.78 is 16.2. The Morgan fingerprint density at radius 1 is 1.12 bits per heavy atom. The van der Waals surface area contributed by atoms with Crippen LogP contribution in [-0.4, -0.2) is 43.5 Å². The molecule has 0 atom stereocenters. The molecule has 0 amide bonds. The minimum Gasteiger partial charge on any atom is -0.482 e. The van der Waals surface area contributed by atoms with E-state index in [4.69, 9.17) is 19.3 Å². The SMILES string of the molecule is CN(C)Cc1cc(-c2ccc3c(c2)OCO3)ccc1OCC(=O)O. The minimum absolute atomic E-state index is 0.243. The monoisotopic (exact) mass is 329 g/mol. The van der Waals surface area contributed by atoms with Gasteiger partial charge in [0.2, 0.25) is 6.79 Å². The lowest BCUT2D eigenvalue weighted by Crippen LogP contribution is -2.14. The van der Waals surface area contributed by atoms with E-state index in [1.807, 2.05) is 55.4 Å². The Hall–Kier alpha value is -2.73. The second-order valence-corrected chi connectivity index (χ2v) is 5.81. The number of aliphatic carboxylic acids is 1. The Bertz CT molecular complexity index is 757. The predicted molar refractivity (Wildman–Crippen MR) is 88.5 cm³/mol. The van der Waals surface area contributed by atoms with E-state index >= 15 is 0 Å². The molecule has 0 radical (unpaired) electrons. The predicted octanol–water partition coefficient (Wildman–Crippen LogP) is 2.61. The van der Waals surface area contributed by atoms with Crippen LogP contribution in [0.15, 0.2) is 36.4 Å². The summed E-state index contributed by atoms with van der Waals surface area (Å²) in [6.45, 7) is 0.532. The summed E-state index contributed by atoms with van der Waals surface area (Å²) in [5, 5.41) is 8.81. The van der Waals surface area contributed by atoms with Crippen LogP contribution in [-0.2, 0) is 11.3 Å². The molecular formula is C18H19NO5. The molecule has 3 rings (SSSR count). The molecule has 1 aliphatic rings. The highest BCUT2D eigenvalue weighted by atomic mass is 16.7. The van der Waals surface area contributed by atoms with Gasteiger partial charge in [0.15, 0.2) is 18.1 Å². The van der Waals surface area contributed by atoms with Crippen LogP contribution >= 0.6 is 0 Å². The fraction of sp³-hybridized carbons (Fsp3) is 0.278. The van der Waals surface area contributed by atoms with Crippen molar-refractivity contribution in [3.8, 4) is 28.4 Å². The van der Waals surface area contributed by atoms with Crippen LogP contribution in [0.25, 0.3) is 11.1 Å². The number of fused-ring (bicyclic) bond motifs is 1. The topological polar surface area (TPSA) is 68.2 Å². The molecule has 0 spiro atoms. The number of hydrogen-bond acceptors (Lipinski definition) is 5. The average molecular weight is 329 g/mol. The van der Waals surface area contributed by atoms with E-state index in [9.17, 15) is 4.79 Å². The minimum atomic E-state index is -0.995. The van der Waals surface area contributed by atoms with E-state index in [1.54, 1.807) is 0 Å². The van der Waals surface area contributed by atoms with Crippen molar-refractivity contribution in [3.63, 3.8) is 0 Å². The smallest absolute Gasteiger partial charge is 0.341 e. The standard InChI is InChI=1S/C18H19NO5/c1-19(2)9-14-7-12(3-5-15(14)22-10-18(20)21)13-4-6-16-17(8-13)24-11-23-16/h3-8H,9-11H2,1-2H3,(H,20,21). The number of carboxylic acid groups (broad SMARTS) is 1. The molecule has 126 valence electrons. The third-order valence-corrected chi connectivity index (χ3v) is 3.60. The lowest BCUT2D eigenvalue weighted by atomic mass is 10.0. The van der Waals surface area contributed by atoms with Gasteiger partial charge in [0, 0.05) is 12.1 Å². The van der Waals surface area contributed by atoms with E-state index < -0.39 is 5.97 Å². The maximum atomic E-state index is 10.7. The van der Waals surface area contributed by atoms with Crippen molar-refractivity contribution < 1.29 is 24.1 Å². The lowest BCUT2D eigenvalue weighted by molar-refractivity contribution is -0.139. The van der Waals surface area contributed by atoms with E-state index in [-0.39, 0.29) is 13.4 Å². The summed E-state index contributed by atoms with van der Waals surface area (Å²) in [7, 11) is 3.91. The lowest BCUT2D eigenvalue weighted by Gasteiger charge is -2.16. The van der Waals surface area contributed by atoms with Gasteiger partial charge in [0.05, 0.1) is 0 Å². The summed E-state index contributed by atoms with van der Waals surface area (Å²) in [5.41, 5.74) is 2.94. The van der Waals surface area contributed by atoms with Gasteiger partial charge in [-0.2, -0.15) is 0 Å². The molecule has 6 heteroatoms. The molecule has 24 heavy (non-hydrogen) atoms. The second-order valence-electron chi connectivity index (χ2n) is 5.81. The summed E-state index contributed by atoms with van der Waals surface area (Å²) in [6.07, 6.45) is 0. The highest BCUT2D eigenvalue weighted by molar-refractivity contribution is 5.70. The number of nitrogens with zero attached hydrogens (tertiary/aromatic N) is 1. The van der Waals surface area contributed by atoms with E-state index in [0.717, 1.165) is 28.2 Å². The van der Waals surface area contributed by atoms with Gasteiger partial charge in [-0.15, -0.1) is 0 Å². The van der Waals surface area contributed by atoms with Crippen LogP contribution in [0.5, 0.6) is 17.2 Å². The first-order valence-electron chi connectivity index (χ1n) is 7.55. The number of ether oxygens (including phenoxy) is 3. The Labute approximate surface area is 140 Å². The van der Waals surface area contributed by atoms with Crippen molar-refractivity contribution in [3.05, 3.63) is 42.0 Å². The molecule has 0 fully saturated rings. The quantitative estimate of drug-likeness (QED) is 0.879. The van der Waals surface area contributed by atoms with E-state index in [1.165, 1.54) is 0 Å². The molecule has 1 N–H and O–H groups in total. The summed E-state index contributed by atoms with van der Waals surface area (Å²) >= 11 is 0. The molecule has 2 aromatic rings. The van der Waals surface area contributed by atoms with Gasteiger partial charge in [-0.05, 0) is 49.5 Å². The van der Waals surface area contributed by atoms with Crippen LogP contribution in [0.1, 0.15) is 5.56 Å². The zero-order chi connectivity index (χ0) is 17.1. The highest BCUT2D eigenvalue weighted by Gasteiger charge is 2.15. The Morgan fingerprint density at radius 2 is 1.83 bits per heavy atom. The molecule has 0 bridgehead atoms. The fourth-order valence-electron chi connectivity index (χ4n) is 2.58. The molecule has 6 nitrogen and oxygen atoms in total. The number of benzene rings is 2. The van der Waals surface area contributed by atoms with Gasteiger partial charge in [0.1, 0.15) is 5.75 Å². The zero-order valence-corrected chi connectivity index (χ0v) is 13.6. The van der Waals surface area contributed by atoms with Crippen molar-refractivity contribution in [1.82, 2.24) is 4.90 Å². The van der Waals surface area contributed by atoms with Crippen LogP contribution in [0.3, 0.4) is 0 Å². The fourth-order valence-corrected chi connectivity index (χ4v) is 2.58. The van der Waals surface area contributed by atoms with Crippen molar-refractivity contribution in [2.75, 3.05) is 27.5 Å². The molecule has 0 saturated heterocycles. The van der Waals surface area contributed by atoms with E-state index in [2.05, 4.69) is 0 Å². The summed E-state index contributed by atoms with van der Waals surface area (Å²) in [5.74, 6) is 1.06. The normalized spacial score (nSPS) is 12.5.